The highest BCUT2D eigenvalue weighted by Gasteiger charge is 2.34. The Labute approximate surface area is 175 Å². The van der Waals surface area contributed by atoms with Crippen LogP contribution in [0.2, 0.25) is 0 Å². The second-order valence-corrected chi connectivity index (χ2v) is 10.6. The maximum atomic E-state index is 11.9. The van der Waals surface area contributed by atoms with E-state index < -0.39 is 10.0 Å². The third-order valence-electron chi connectivity index (χ3n) is 6.64. The number of nitrogens with zero attached hydrogens (tertiary/aromatic N) is 1. The zero-order valence-corrected chi connectivity index (χ0v) is 18.2. The van der Waals surface area contributed by atoms with Crippen LogP contribution in [-0.2, 0) is 14.8 Å². The second kappa shape index (κ2) is 9.33. The lowest BCUT2D eigenvalue weighted by Gasteiger charge is -2.42. The predicted octanol–water partition coefficient (Wildman–Crippen LogP) is 2.89. The molecule has 2 atom stereocenters. The maximum Gasteiger partial charge on any atom is 0.209 e. The lowest BCUT2D eigenvalue weighted by Crippen LogP contribution is -2.57. The average Bonchev–Trinajstić information content (AvgIpc) is 2.70. The molecule has 1 unspecified atom stereocenters. The van der Waals surface area contributed by atoms with Crippen molar-refractivity contribution in [3.8, 4) is 5.75 Å². The van der Waals surface area contributed by atoms with Gasteiger partial charge in [0, 0.05) is 18.6 Å². The zero-order valence-electron chi connectivity index (χ0n) is 17.4. The van der Waals surface area contributed by atoms with Crippen LogP contribution in [0.15, 0.2) is 24.3 Å². The van der Waals surface area contributed by atoms with E-state index in [1.54, 1.807) is 0 Å². The largest absolute Gasteiger partial charge is 0.493 e. The van der Waals surface area contributed by atoms with E-state index in [1.165, 1.54) is 11.8 Å². The number of sulfonamides is 1. The summed E-state index contributed by atoms with van der Waals surface area (Å²) >= 11 is 0. The number of rotatable bonds is 2. The summed E-state index contributed by atoms with van der Waals surface area (Å²) in [5.41, 5.74) is 1.34. The van der Waals surface area contributed by atoms with Gasteiger partial charge in [-0.3, -0.25) is 4.90 Å². The molecule has 6 nitrogen and oxygen atoms in total. The standard InChI is InChI=1S/C22H34N2O4S/c1-29(25,26)23-20-7-4-13-24-14-5-15-27-22-8-3-2-6-19(22)17-9-11-18(12-10-17)28-16-21(20)24/h2-3,6,8,17-18,20-21,23H,4-5,7,9-16H2,1H3/t17?,18?,20-,21?/m0/s1. The molecule has 1 aliphatic carbocycles. The van der Waals surface area contributed by atoms with Crippen molar-refractivity contribution in [2.45, 2.75) is 69.1 Å². The van der Waals surface area contributed by atoms with E-state index >= 15 is 0 Å². The fourth-order valence-electron chi connectivity index (χ4n) is 5.21. The number of nitrogens with one attached hydrogen (secondary N) is 1. The number of hydrogen-bond acceptors (Lipinski definition) is 5. The third kappa shape index (κ3) is 5.51. The zero-order chi connectivity index (χ0) is 20.3. The van der Waals surface area contributed by atoms with E-state index in [0.717, 1.165) is 63.8 Å². The summed E-state index contributed by atoms with van der Waals surface area (Å²) in [4.78, 5) is 2.40. The van der Waals surface area contributed by atoms with Crippen molar-refractivity contribution in [3.05, 3.63) is 29.8 Å². The Kier molecular flexibility index (Phi) is 6.79. The lowest BCUT2D eigenvalue weighted by atomic mass is 9.82. The molecule has 3 aliphatic heterocycles. The Morgan fingerprint density at radius 2 is 1.79 bits per heavy atom. The van der Waals surface area contributed by atoms with Gasteiger partial charge in [0.05, 0.1) is 25.6 Å². The first-order valence-corrected chi connectivity index (χ1v) is 12.9. The molecule has 1 aromatic rings. The first-order chi connectivity index (χ1) is 14.0. The van der Waals surface area contributed by atoms with Gasteiger partial charge in [0.1, 0.15) is 5.75 Å². The maximum absolute atomic E-state index is 11.9. The average molecular weight is 423 g/mol. The Morgan fingerprint density at radius 1 is 1.03 bits per heavy atom. The van der Waals surface area contributed by atoms with E-state index in [-0.39, 0.29) is 18.2 Å². The molecule has 4 aliphatic rings. The summed E-state index contributed by atoms with van der Waals surface area (Å²) in [5, 5.41) is 0. The summed E-state index contributed by atoms with van der Waals surface area (Å²) < 4.78 is 39.2. The molecule has 0 radical (unpaired) electrons. The summed E-state index contributed by atoms with van der Waals surface area (Å²) in [6.07, 6.45) is 8.64. The van der Waals surface area contributed by atoms with Crippen molar-refractivity contribution in [1.29, 1.82) is 0 Å². The predicted molar refractivity (Wildman–Crippen MR) is 114 cm³/mol. The fraction of sp³-hybridized carbons (Fsp3) is 0.727. The Balaban J connectivity index is 1.51. The lowest BCUT2D eigenvalue weighted by molar-refractivity contribution is -0.0288. The van der Waals surface area contributed by atoms with Crippen molar-refractivity contribution in [2.75, 3.05) is 32.6 Å². The normalized spacial score (nSPS) is 31.9. The molecule has 0 spiro atoms. The summed E-state index contributed by atoms with van der Waals surface area (Å²) in [6, 6.07) is 8.49. The minimum absolute atomic E-state index is 0.0790. The summed E-state index contributed by atoms with van der Waals surface area (Å²) in [5.74, 6) is 1.57. The number of hydrogen-bond donors (Lipinski definition) is 1. The highest BCUT2D eigenvalue weighted by atomic mass is 32.2. The van der Waals surface area contributed by atoms with Crippen LogP contribution in [0.1, 0.15) is 56.4 Å². The molecule has 2 fully saturated rings. The quantitative estimate of drug-likeness (QED) is 0.794. The summed E-state index contributed by atoms with van der Waals surface area (Å²) in [6.45, 7) is 3.16. The van der Waals surface area contributed by atoms with E-state index in [4.69, 9.17) is 9.47 Å². The number of benzene rings is 1. The molecule has 0 aromatic heterocycles. The molecule has 162 valence electrons. The van der Waals surface area contributed by atoms with Crippen LogP contribution in [0.5, 0.6) is 5.75 Å². The minimum atomic E-state index is -3.24. The monoisotopic (exact) mass is 422 g/mol. The van der Waals surface area contributed by atoms with Gasteiger partial charge in [-0.2, -0.15) is 0 Å². The first-order valence-electron chi connectivity index (χ1n) is 11.0. The molecule has 0 amide bonds. The van der Waals surface area contributed by atoms with E-state index in [0.29, 0.717) is 19.1 Å². The third-order valence-corrected chi connectivity index (χ3v) is 7.37. The molecule has 1 aromatic carbocycles. The van der Waals surface area contributed by atoms with Crippen LogP contribution < -0.4 is 9.46 Å². The van der Waals surface area contributed by atoms with Crippen molar-refractivity contribution in [1.82, 2.24) is 9.62 Å². The van der Waals surface area contributed by atoms with Gasteiger partial charge < -0.3 is 9.47 Å². The van der Waals surface area contributed by atoms with Crippen LogP contribution in [0.25, 0.3) is 0 Å². The SMILES string of the molecule is CS(=O)(=O)N[C@H]1CCCN2CCCOc3ccccc3C3CCC(CC3)OCC12. The van der Waals surface area contributed by atoms with Gasteiger partial charge in [-0.25, -0.2) is 13.1 Å². The number of fused-ring (bicyclic) bond motifs is 6. The van der Waals surface area contributed by atoms with Crippen LogP contribution in [0.4, 0.5) is 0 Å². The van der Waals surface area contributed by atoms with Gasteiger partial charge in [-0.1, -0.05) is 18.2 Å². The van der Waals surface area contributed by atoms with Crippen molar-refractivity contribution in [3.63, 3.8) is 0 Å². The molecule has 5 rings (SSSR count). The van der Waals surface area contributed by atoms with Crippen LogP contribution in [0, 0.1) is 0 Å². The number of ether oxygens (including phenoxy) is 2. The molecule has 29 heavy (non-hydrogen) atoms. The van der Waals surface area contributed by atoms with Crippen molar-refractivity contribution >= 4 is 10.0 Å². The van der Waals surface area contributed by atoms with Gasteiger partial charge in [0.2, 0.25) is 10.0 Å². The number of para-hydroxylation sites is 1. The molecule has 3 heterocycles. The Morgan fingerprint density at radius 3 is 2.59 bits per heavy atom. The van der Waals surface area contributed by atoms with Crippen LogP contribution in [0.3, 0.4) is 0 Å². The molecule has 7 heteroatoms. The van der Waals surface area contributed by atoms with Gasteiger partial charge in [-0.15, -0.1) is 0 Å². The fourth-order valence-corrected chi connectivity index (χ4v) is 6.04. The topological polar surface area (TPSA) is 67.9 Å². The van der Waals surface area contributed by atoms with Crippen molar-refractivity contribution < 1.29 is 17.9 Å². The Hall–Kier alpha value is -1.15. The van der Waals surface area contributed by atoms with Crippen LogP contribution >= 0.6 is 0 Å². The smallest absolute Gasteiger partial charge is 0.209 e. The highest BCUT2D eigenvalue weighted by molar-refractivity contribution is 7.88. The van der Waals surface area contributed by atoms with E-state index in [2.05, 4.69) is 33.9 Å². The van der Waals surface area contributed by atoms with Gasteiger partial charge in [0.15, 0.2) is 0 Å². The van der Waals surface area contributed by atoms with Gasteiger partial charge in [0.25, 0.3) is 0 Å². The van der Waals surface area contributed by atoms with Gasteiger partial charge >= 0.3 is 0 Å². The highest BCUT2D eigenvalue weighted by Crippen LogP contribution is 2.38. The summed E-state index contributed by atoms with van der Waals surface area (Å²) in [7, 11) is -3.24. The molecule has 1 saturated carbocycles. The Bertz CT molecular complexity index is 777. The second-order valence-electron chi connectivity index (χ2n) is 8.79. The van der Waals surface area contributed by atoms with Crippen molar-refractivity contribution in [2.24, 2.45) is 0 Å². The van der Waals surface area contributed by atoms with Crippen LogP contribution in [-0.4, -0.2) is 64.1 Å². The molecule has 2 bridgehead atoms. The minimum Gasteiger partial charge on any atom is -0.493 e. The van der Waals surface area contributed by atoms with E-state index in [9.17, 15) is 8.42 Å². The molecule has 1 saturated heterocycles. The van der Waals surface area contributed by atoms with E-state index in [1.807, 2.05) is 0 Å². The first kappa shape index (κ1) is 21.1. The molecule has 1 N–H and O–H groups in total. The molecular formula is C22H34N2O4S. The molecular weight excluding hydrogens is 388 g/mol. The number of piperidine rings is 1. The van der Waals surface area contributed by atoms with Gasteiger partial charge in [-0.05, 0) is 69.0 Å².